The van der Waals surface area contributed by atoms with Crippen LogP contribution in [0.4, 0.5) is 0 Å². The molecule has 0 saturated carbocycles. The SMILES string of the molecule is NC(CC1Cc2ccccc21)c1cccc2ncccc12. The molecule has 0 spiro atoms. The van der Waals surface area contributed by atoms with Crippen LogP contribution in [-0.4, -0.2) is 4.98 Å². The van der Waals surface area contributed by atoms with Crippen molar-refractivity contribution in [3.05, 3.63) is 77.5 Å². The molecule has 2 unspecified atom stereocenters. The van der Waals surface area contributed by atoms with Crippen LogP contribution in [0.15, 0.2) is 60.8 Å². The molecule has 1 aromatic heterocycles. The minimum Gasteiger partial charge on any atom is -0.324 e. The molecule has 2 nitrogen and oxygen atoms in total. The van der Waals surface area contributed by atoms with E-state index >= 15 is 0 Å². The summed E-state index contributed by atoms with van der Waals surface area (Å²) in [6, 6.07) is 19.1. The highest BCUT2D eigenvalue weighted by Crippen LogP contribution is 2.40. The lowest BCUT2D eigenvalue weighted by atomic mass is 9.74. The van der Waals surface area contributed by atoms with Crippen LogP contribution in [0.5, 0.6) is 0 Å². The fourth-order valence-corrected chi connectivity index (χ4v) is 3.46. The third kappa shape index (κ3) is 2.12. The molecule has 21 heavy (non-hydrogen) atoms. The van der Waals surface area contributed by atoms with E-state index in [9.17, 15) is 0 Å². The Hall–Kier alpha value is -2.19. The summed E-state index contributed by atoms with van der Waals surface area (Å²) in [5, 5.41) is 1.18. The maximum Gasteiger partial charge on any atom is 0.0705 e. The summed E-state index contributed by atoms with van der Waals surface area (Å²) < 4.78 is 0. The van der Waals surface area contributed by atoms with Crippen LogP contribution in [0.25, 0.3) is 10.9 Å². The fourth-order valence-electron chi connectivity index (χ4n) is 3.46. The molecule has 2 atom stereocenters. The standard InChI is InChI=1S/C19H18N2/c20-18(12-14-11-13-5-1-2-6-15(13)14)16-7-3-9-19-17(16)8-4-10-21-19/h1-10,14,18H,11-12,20H2. The summed E-state index contributed by atoms with van der Waals surface area (Å²) in [5.41, 5.74) is 11.7. The van der Waals surface area contributed by atoms with E-state index in [-0.39, 0.29) is 6.04 Å². The third-order valence-corrected chi connectivity index (χ3v) is 4.58. The lowest BCUT2D eigenvalue weighted by Crippen LogP contribution is -2.22. The number of aromatic nitrogens is 1. The lowest BCUT2D eigenvalue weighted by molar-refractivity contribution is 0.500. The Bertz CT molecular complexity index is 789. The highest BCUT2D eigenvalue weighted by Gasteiger charge is 2.27. The Morgan fingerprint density at radius 3 is 2.86 bits per heavy atom. The molecule has 2 N–H and O–H groups in total. The van der Waals surface area contributed by atoms with Gasteiger partial charge in [-0.05, 0) is 47.6 Å². The average Bonchev–Trinajstić information content (AvgIpc) is 2.52. The molecule has 2 heteroatoms. The van der Waals surface area contributed by atoms with Crippen LogP contribution in [0.3, 0.4) is 0 Å². The second-order valence-corrected chi connectivity index (χ2v) is 5.86. The van der Waals surface area contributed by atoms with Gasteiger partial charge >= 0.3 is 0 Å². The van der Waals surface area contributed by atoms with Crippen molar-refractivity contribution in [3.63, 3.8) is 0 Å². The molecule has 0 fully saturated rings. The van der Waals surface area contributed by atoms with Gasteiger partial charge in [-0.2, -0.15) is 0 Å². The van der Waals surface area contributed by atoms with Crippen LogP contribution in [0.2, 0.25) is 0 Å². The van der Waals surface area contributed by atoms with Crippen LogP contribution in [0, 0.1) is 0 Å². The first-order chi connectivity index (χ1) is 10.3. The molecule has 0 radical (unpaired) electrons. The minimum absolute atomic E-state index is 0.0660. The molecule has 0 amide bonds. The Balaban J connectivity index is 1.62. The van der Waals surface area contributed by atoms with E-state index in [1.54, 1.807) is 0 Å². The number of fused-ring (bicyclic) bond motifs is 2. The Morgan fingerprint density at radius 2 is 1.95 bits per heavy atom. The number of hydrogen-bond donors (Lipinski definition) is 1. The Kier molecular flexibility index (Phi) is 2.97. The predicted octanol–water partition coefficient (Wildman–Crippen LogP) is 3.96. The van der Waals surface area contributed by atoms with E-state index in [0.29, 0.717) is 5.92 Å². The van der Waals surface area contributed by atoms with Crippen molar-refractivity contribution in [1.29, 1.82) is 0 Å². The monoisotopic (exact) mass is 274 g/mol. The number of pyridine rings is 1. The zero-order chi connectivity index (χ0) is 14.2. The highest BCUT2D eigenvalue weighted by atomic mass is 14.7. The van der Waals surface area contributed by atoms with Gasteiger partial charge in [-0.1, -0.05) is 42.5 Å². The zero-order valence-electron chi connectivity index (χ0n) is 11.9. The molecule has 3 aromatic rings. The van der Waals surface area contributed by atoms with Crippen molar-refractivity contribution in [1.82, 2.24) is 4.98 Å². The van der Waals surface area contributed by atoms with Gasteiger partial charge in [0.15, 0.2) is 0 Å². The molecule has 1 aliphatic carbocycles. The van der Waals surface area contributed by atoms with E-state index in [0.717, 1.165) is 18.4 Å². The molecule has 4 rings (SSSR count). The summed E-state index contributed by atoms with van der Waals surface area (Å²) >= 11 is 0. The van der Waals surface area contributed by atoms with Gasteiger partial charge in [0, 0.05) is 17.6 Å². The molecule has 0 saturated heterocycles. The van der Waals surface area contributed by atoms with Crippen LogP contribution in [-0.2, 0) is 6.42 Å². The van der Waals surface area contributed by atoms with Gasteiger partial charge in [0.2, 0.25) is 0 Å². The Morgan fingerprint density at radius 1 is 1.05 bits per heavy atom. The van der Waals surface area contributed by atoms with Crippen molar-refractivity contribution >= 4 is 10.9 Å². The van der Waals surface area contributed by atoms with Gasteiger partial charge in [0.25, 0.3) is 0 Å². The number of nitrogens with two attached hydrogens (primary N) is 1. The largest absolute Gasteiger partial charge is 0.324 e. The van der Waals surface area contributed by atoms with Crippen molar-refractivity contribution in [2.75, 3.05) is 0 Å². The normalized spacial score (nSPS) is 18.0. The molecular formula is C19H18N2. The first-order valence-corrected chi connectivity index (χ1v) is 7.50. The molecule has 1 heterocycles. The van der Waals surface area contributed by atoms with Crippen molar-refractivity contribution in [3.8, 4) is 0 Å². The maximum atomic E-state index is 6.50. The van der Waals surface area contributed by atoms with E-state index in [1.807, 2.05) is 18.3 Å². The quantitative estimate of drug-likeness (QED) is 0.785. The summed E-state index contributed by atoms with van der Waals surface area (Å²) in [4.78, 5) is 4.42. The smallest absolute Gasteiger partial charge is 0.0705 e. The van der Waals surface area contributed by atoms with Crippen LogP contribution < -0.4 is 5.73 Å². The summed E-state index contributed by atoms with van der Waals surface area (Å²) in [6.45, 7) is 0. The van der Waals surface area contributed by atoms with Gasteiger partial charge in [0.05, 0.1) is 5.52 Å². The van der Waals surface area contributed by atoms with Gasteiger partial charge in [-0.25, -0.2) is 0 Å². The molecule has 104 valence electrons. The average molecular weight is 274 g/mol. The van der Waals surface area contributed by atoms with Gasteiger partial charge in [0.1, 0.15) is 0 Å². The molecule has 1 aliphatic rings. The van der Waals surface area contributed by atoms with Gasteiger partial charge < -0.3 is 5.73 Å². The second kappa shape index (κ2) is 4.97. The molecule has 0 aliphatic heterocycles. The van der Waals surface area contributed by atoms with Crippen LogP contribution in [0.1, 0.15) is 35.1 Å². The number of benzene rings is 2. The Labute approximate surface area is 124 Å². The lowest BCUT2D eigenvalue weighted by Gasteiger charge is -2.32. The second-order valence-electron chi connectivity index (χ2n) is 5.86. The van der Waals surface area contributed by atoms with Crippen molar-refractivity contribution < 1.29 is 0 Å². The fraction of sp³-hybridized carbons (Fsp3) is 0.211. The van der Waals surface area contributed by atoms with Crippen LogP contribution >= 0.6 is 0 Å². The van der Waals surface area contributed by atoms with E-state index < -0.39 is 0 Å². The highest BCUT2D eigenvalue weighted by molar-refractivity contribution is 5.82. The minimum atomic E-state index is 0.0660. The molecule has 2 aromatic carbocycles. The maximum absolute atomic E-state index is 6.50. The molecule has 0 bridgehead atoms. The zero-order valence-corrected chi connectivity index (χ0v) is 11.9. The predicted molar refractivity (Wildman–Crippen MR) is 86.2 cm³/mol. The number of rotatable bonds is 3. The van der Waals surface area contributed by atoms with Crippen molar-refractivity contribution in [2.45, 2.75) is 24.8 Å². The number of hydrogen-bond acceptors (Lipinski definition) is 2. The van der Waals surface area contributed by atoms with E-state index in [2.05, 4.69) is 47.4 Å². The first-order valence-electron chi connectivity index (χ1n) is 7.50. The van der Waals surface area contributed by atoms with Gasteiger partial charge in [-0.15, -0.1) is 0 Å². The first kappa shape index (κ1) is 12.5. The van der Waals surface area contributed by atoms with E-state index in [4.69, 9.17) is 5.73 Å². The molecular weight excluding hydrogens is 256 g/mol. The summed E-state index contributed by atoms with van der Waals surface area (Å²) in [6.07, 6.45) is 4.00. The summed E-state index contributed by atoms with van der Waals surface area (Å²) in [5.74, 6) is 0.600. The number of nitrogens with zero attached hydrogens (tertiary/aromatic N) is 1. The van der Waals surface area contributed by atoms with E-state index in [1.165, 1.54) is 22.1 Å². The topological polar surface area (TPSA) is 38.9 Å². The summed E-state index contributed by atoms with van der Waals surface area (Å²) in [7, 11) is 0. The van der Waals surface area contributed by atoms with Crippen molar-refractivity contribution in [2.24, 2.45) is 5.73 Å². The van der Waals surface area contributed by atoms with Gasteiger partial charge in [-0.3, -0.25) is 4.98 Å². The third-order valence-electron chi connectivity index (χ3n) is 4.58.